The van der Waals surface area contributed by atoms with E-state index in [2.05, 4.69) is 10.3 Å². The highest BCUT2D eigenvalue weighted by Gasteiger charge is 2.14. The van der Waals surface area contributed by atoms with E-state index in [1.54, 1.807) is 6.20 Å². The average molecular weight is 246 g/mol. The van der Waals surface area contributed by atoms with Crippen molar-refractivity contribution in [2.45, 2.75) is 19.5 Å². The number of nitrogens with zero attached hydrogens (tertiary/aromatic N) is 1. The van der Waals surface area contributed by atoms with Crippen LogP contribution in [0.25, 0.3) is 0 Å². The fraction of sp³-hybridized carbons (Fsp3) is 0.231. The van der Waals surface area contributed by atoms with Crippen molar-refractivity contribution in [3.05, 3.63) is 53.7 Å². The zero-order valence-electron chi connectivity index (χ0n) is 9.96. The summed E-state index contributed by atoms with van der Waals surface area (Å²) in [5.41, 5.74) is 1.09. The lowest BCUT2D eigenvalue weighted by molar-refractivity contribution is 0.0694. The fourth-order valence-electron chi connectivity index (χ4n) is 1.65. The molecule has 0 radical (unpaired) electrons. The van der Waals surface area contributed by atoms with E-state index in [1.165, 1.54) is 12.3 Å². The molecule has 2 heterocycles. The number of nitrogens with one attached hydrogen (secondary N) is 1. The first-order valence-corrected chi connectivity index (χ1v) is 5.62. The maximum absolute atomic E-state index is 10.9. The number of pyridine rings is 1. The normalized spacial score (nSPS) is 12.3. The first-order chi connectivity index (χ1) is 8.68. The third-order valence-electron chi connectivity index (χ3n) is 2.68. The molecule has 0 saturated heterocycles. The van der Waals surface area contributed by atoms with Gasteiger partial charge in [0.25, 0.3) is 0 Å². The number of carbonyl (C=O) groups is 1. The van der Waals surface area contributed by atoms with Crippen molar-refractivity contribution in [2.24, 2.45) is 0 Å². The van der Waals surface area contributed by atoms with Crippen molar-refractivity contribution in [1.29, 1.82) is 0 Å². The number of hydrogen-bond donors (Lipinski definition) is 2. The van der Waals surface area contributed by atoms with E-state index in [-0.39, 0.29) is 11.6 Å². The van der Waals surface area contributed by atoms with E-state index >= 15 is 0 Å². The smallest absolute Gasteiger partial charge is 0.339 e. The molecule has 0 spiro atoms. The highest BCUT2D eigenvalue weighted by molar-refractivity contribution is 5.88. The predicted octanol–water partition coefficient (Wildman–Crippen LogP) is 2.22. The Bertz CT molecular complexity index is 522. The lowest BCUT2D eigenvalue weighted by atomic mass is 10.2. The number of furan rings is 1. The van der Waals surface area contributed by atoms with Crippen LogP contribution in [0.15, 0.2) is 41.1 Å². The van der Waals surface area contributed by atoms with Crippen LogP contribution in [-0.4, -0.2) is 16.1 Å². The SMILES string of the molecule is C[C@H](NCc1occc1C(=O)O)c1ccccn1. The summed E-state index contributed by atoms with van der Waals surface area (Å²) in [5.74, 6) is -0.559. The fourth-order valence-corrected chi connectivity index (χ4v) is 1.65. The second-order valence-electron chi connectivity index (χ2n) is 3.92. The summed E-state index contributed by atoms with van der Waals surface area (Å²) < 4.78 is 5.15. The number of aromatic nitrogens is 1. The molecule has 0 unspecified atom stereocenters. The first-order valence-electron chi connectivity index (χ1n) is 5.62. The molecule has 0 aliphatic rings. The Balaban J connectivity index is 1.99. The van der Waals surface area contributed by atoms with Crippen LogP contribution in [0.5, 0.6) is 0 Å². The monoisotopic (exact) mass is 246 g/mol. The van der Waals surface area contributed by atoms with E-state index in [0.717, 1.165) is 5.69 Å². The minimum absolute atomic E-state index is 0.0259. The van der Waals surface area contributed by atoms with Crippen LogP contribution in [0.4, 0.5) is 0 Å². The van der Waals surface area contributed by atoms with Gasteiger partial charge in [0.1, 0.15) is 11.3 Å². The summed E-state index contributed by atoms with van der Waals surface area (Å²) in [7, 11) is 0. The molecule has 5 heteroatoms. The van der Waals surface area contributed by atoms with Crippen molar-refractivity contribution in [2.75, 3.05) is 0 Å². The van der Waals surface area contributed by atoms with Gasteiger partial charge in [-0.2, -0.15) is 0 Å². The standard InChI is InChI=1S/C13H14N2O3/c1-9(11-4-2-3-6-14-11)15-8-12-10(13(16)17)5-7-18-12/h2-7,9,15H,8H2,1H3,(H,16,17)/t9-/m0/s1. The summed E-state index contributed by atoms with van der Waals surface area (Å²) in [6.45, 7) is 2.32. The molecular weight excluding hydrogens is 232 g/mol. The summed E-state index contributed by atoms with van der Waals surface area (Å²) in [6, 6.07) is 7.15. The molecule has 5 nitrogen and oxygen atoms in total. The highest BCUT2D eigenvalue weighted by atomic mass is 16.4. The number of hydrogen-bond acceptors (Lipinski definition) is 4. The van der Waals surface area contributed by atoms with Crippen LogP contribution in [0, 0.1) is 0 Å². The molecular formula is C13H14N2O3. The van der Waals surface area contributed by atoms with Crippen LogP contribution < -0.4 is 5.32 Å². The molecule has 0 fully saturated rings. The van der Waals surface area contributed by atoms with Crippen LogP contribution in [0.1, 0.15) is 34.8 Å². The summed E-state index contributed by atoms with van der Waals surface area (Å²) in [6.07, 6.45) is 3.11. The molecule has 1 atom stereocenters. The second kappa shape index (κ2) is 5.46. The third kappa shape index (κ3) is 2.75. The zero-order valence-corrected chi connectivity index (χ0v) is 9.96. The zero-order chi connectivity index (χ0) is 13.0. The molecule has 94 valence electrons. The maximum atomic E-state index is 10.9. The van der Waals surface area contributed by atoms with E-state index < -0.39 is 5.97 Å². The summed E-state index contributed by atoms with van der Waals surface area (Å²) in [5, 5.41) is 12.1. The van der Waals surface area contributed by atoms with Crippen LogP contribution in [0.2, 0.25) is 0 Å². The predicted molar refractivity (Wildman–Crippen MR) is 65.2 cm³/mol. The van der Waals surface area contributed by atoms with Gasteiger partial charge in [-0.05, 0) is 25.1 Å². The lowest BCUT2D eigenvalue weighted by Crippen LogP contribution is -2.19. The molecule has 0 saturated carbocycles. The number of rotatable bonds is 5. The van der Waals surface area contributed by atoms with Crippen LogP contribution >= 0.6 is 0 Å². The lowest BCUT2D eigenvalue weighted by Gasteiger charge is -2.12. The molecule has 0 aliphatic heterocycles. The van der Waals surface area contributed by atoms with Crippen LogP contribution in [0.3, 0.4) is 0 Å². The Hall–Kier alpha value is -2.14. The molecule has 2 N–H and O–H groups in total. The van der Waals surface area contributed by atoms with Gasteiger partial charge in [0.2, 0.25) is 0 Å². The second-order valence-corrected chi connectivity index (χ2v) is 3.92. The maximum Gasteiger partial charge on any atom is 0.339 e. The van der Waals surface area contributed by atoms with Crippen molar-refractivity contribution in [3.63, 3.8) is 0 Å². The minimum Gasteiger partial charge on any atom is -0.478 e. The van der Waals surface area contributed by atoms with E-state index in [1.807, 2.05) is 25.1 Å². The quantitative estimate of drug-likeness (QED) is 0.846. The van der Waals surface area contributed by atoms with E-state index in [0.29, 0.717) is 12.3 Å². The van der Waals surface area contributed by atoms with Gasteiger partial charge in [0, 0.05) is 12.2 Å². The number of carboxylic acid groups (broad SMARTS) is 1. The number of aromatic carboxylic acids is 1. The Morgan fingerprint density at radius 3 is 3.00 bits per heavy atom. The van der Waals surface area contributed by atoms with Gasteiger partial charge in [-0.15, -0.1) is 0 Å². The Morgan fingerprint density at radius 1 is 1.50 bits per heavy atom. The summed E-state index contributed by atoms with van der Waals surface area (Å²) >= 11 is 0. The van der Waals surface area contributed by atoms with Gasteiger partial charge in [-0.3, -0.25) is 4.98 Å². The first kappa shape index (κ1) is 12.3. The highest BCUT2D eigenvalue weighted by Crippen LogP contribution is 2.13. The molecule has 18 heavy (non-hydrogen) atoms. The Kier molecular flexibility index (Phi) is 3.74. The van der Waals surface area contributed by atoms with Crippen molar-refractivity contribution < 1.29 is 14.3 Å². The largest absolute Gasteiger partial charge is 0.478 e. The minimum atomic E-state index is -0.981. The van der Waals surface area contributed by atoms with E-state index in [4.69, 9.17) is 9.52 Å². The van der Waals surface area contributed by atoms with Crippen molar-refractivity contribution in [1.82, 2.24) is 10.3 Å². The Labute approximate surface area is 104 Å². The molecule has 0 aromatic carbocycles. The topological polar surface area (TPSA) is 75.4 Å². The molecule has 2 aromatic heterocycles. The van der Waals surface area contributed by atoms with Gasteiger partial charge in [0.05, 0.1) is 18.5 Å². The molecule has 0 bridgehead atoms. The van der Waals surface area contributed by atoms with Crippen LogP contribution in [-0.2, 0) is 6.54 Å². The third-order valence-corrected chi connectivity index (χ3v) is 2.68. The average Bonchev–Trinajstić information content (AvgIpc) is 2.85. The Morgan fingerprint density at radius 2 is 2.33 bits per heavy atom. The molecule has 0 aliphatic carbocycles. The van der Waals surface area contributed by atoms with Crippen molar-refractivity contribution in [3.8, 4) is 0 Å². The van der Waals surface area contributed by atoms with Crippen molar-refractivity contribution >= 4 is 5.97 Å². The summed E-state index contributed by atoms with van der Waals surface area (Å²) in [4.78, 5) is 15.1. The number of carboxylic acids is 1. The van der Waals surface area contributed by atoms with E-state index in [9.17, 15) is 4.79 Å². The molecule has 2 rings (SSSR count). The van der Waals surface area contributed by atoms with Gasteiger partial charge in [-0.1, -0.05) is 6.07 Å². The van der Waals surface area contributed by atoms with Gasteiger partial charge in [0.15, 0.2) is 0 Å². The van der Waals surface area contributed by atoms with Gasteiger partial charge in [-0.25, -0.2) is 4.79 Å². The van der Waals surface area contributed by atoms with Gasteiger partial charge >= 0.3 is 5.97 Å². The van der Waals surface area contributed by atoms with Gasteiger partial charge < -0.3 is 14.8 Å². The molecule has 2 aromatic rings. The molecule has 0 amide bonds.